The van der Waals surface area contributed by atoms with Crippen molar-refractivity contribution in [2.75, 3.05) is 0 Å². The van der Waals surface area contributed by atoms with Crippen LogP contribution in [0.1, 0.15) is 0 Å². The number of benzene rings is 1. The quantitative estimate of drug-likeness (QED) is 0.652. The fourth-order valence-corrected chi connectivity index (χ4v) is 1.30. The van der Waals surface area contributed by atoms with E-state index in [1.54, 1.807) is 0 Å². The van der Waals surface area contributed by atoms with Crippen molar-refractivity contribution in [1.29, 1.82) is 0 Å². The summed E-state index contributed by atoms with van der Waals surface area (Å²) in [5.41, 5.74) is 0.829. The second-order valence-corrected chi connectivity index (χ2v) is 2.79. The molecule has 1 aliphatic rings. The zero-order chi connectivity index (χ0) is 9.76. The molecule has 1 aromatic heterocycles. The minimum Gasteiger partial charge on any atom is -0.443 e. The SMILES string of the molecule is FC1(F)Oc2cc3ncoc3cc2O1. The fourth-order valence-electron chi connectivity index (χ4n) is 1.30. The molecule has 0 amide bonds. The van der Waals surface area contributed by atoms with Crippen molar-refractivity contribution in [2.24, 2.45) is 0 Å². The van der Waals surface area contributed by atoms with Gasteiger partial charge in [-0.2, -0.15) is 0 Å². The summed E-state index contributed by atoms with van der Waals surface area (Å²) in [6.07, 6.45) is -2.38. The van der Waals surface area contributed by atoms with Gasteiger partial charge in [0.05, 0.1) is 0 Å². The van der Waals surface area contributed by atoms with Crippen molar-refractivity contribution in [1.82, 2.24) is 4.98 Å². The van der Waals surface area contributed by atoms with Crippen molar-refractivity contribution in [3.63, 3.8) is 0 Å². The lowest BCUT2D eigenvalue weighted by molar-refractivity contribution is -0.286. The average molecular weight is 199 g/mol. The first-order chi connectivity index (χ1) is 6.64. The summed E-state index contributed by atoms with van der Waals surface area (Å²) in [5, 5.41) is 0. The Labute approximate surface area is 76.0 Å². The van der Waals surface area contributed by atoms with Gasteiger partial charge in [-0.15, -0.1) is 8.78 Å². The van der Waals surface area contributed by atoms with Crippen LogP contribution < -0.4 is 9.47 Å². The van der Waals surface area contributed by atoms with E-state index < -0.39 is 6.29 Å². The van der Waals surface area contributed by atoms with Gasteiger partial charge in [0, 0.05) is 12.1 Å². The van der Waals surface area contributed by atoms with E-state index in [0.717, 1.165) is 0 Å². The van der Waals surface area contributed by atoms with Gasteiger partial charge in [0.2, 0.25) is 0 Å². The van der Waals surface area contributed by atoms with Crippen LogP contribution in [-0.2, 0) is 0 Å². The molecule has 4 nitrogen and oxygen atoms in total. The highest BCUT2D eigenvalue weighted by molar-refractivity contribution is 5.77. The molecule has 6 heteroatoms. The van der Waals surface area contributed by atoms with E-state index in [2.05, 4.69) is 14.5 Å². The van der Waals surface area contributed by atoms with Crippen LogP contribution in [0.15, 0.2) is 22.9 Å². The van der Waals surface area contributed by atoms with E-state index in [1.165, 1.54) is 18.5 Å². The Bertz CT molecular complexity index is 466. The Kier molecular flexibility index (Phi) is 1.16. The number of hydrogen-bond acceptors (Lipinski definition) is 4. The van der Waals surface area contributed by atoms with Crippen LogP contribution in [0.5, 0.6) is 11.5 Å². The van der Waals surface area contributed by atoms with E-state index in [4.69, 9.17) is 4.42 Å². The van der Waals surface area contributed by atoms with Gasteiger partial charge in [0.15, 0.2) is 23.5 Å². The first kappa shape index (κ1) is 7.54. The van der Waals surface area contributed by atoms with Crippen LogP contribution in [0.4, 0.5) is 8.78 Å². The molecule has 0 fully saturated rings. The molecule has 1 aliphatic heterocycles. The van der Waals surface area contributed by atoms with Crippen molar-refractivity contribution in [2.45, 2.75) is 6.29 Å². The molecule has 0 atom stereocenters. The molecule has 1 aromatic carbocycles. The van der Waals surface area contributed by atoms with Gasteiger partial charge in [-0.25, -0.2) is 4.98 Å². The summed E-state index contributed by atoms with van der Waals surface area (Å²) in [6.45, 7) is 0. The maximum atomic E-state index is 12.6. The van der Waals surface area contributed by atoms with Crippen molar-refractivity contribution >= 4 is 11.1 Å². The number of rotatable bonds is 0. The van der Waals surface area contributed by atoms with Crippen LogP contribution in [0.3, 0.4) is 0 Å². The highest BCUT2D eigenvalue weighted by Crippen LogP contribution is 2.42. The van der Waals surface area contributed by atoms with Crippen molar-refractivity contribution < 1.29 is 22.7 Å². The van der Waals surface area contributed by atoms with Crippen molar-refractivity contribution in [3.05, 3.63) is 18.5 Å². The summed E-state index contributed by atoms with van der Waals surface area (Å²) in [5.74, 6) is -0.0735. The molecule has 0 bridgehead atoms. The first-order valence-corrected chi connectivity index (χ1v) is 3.77. The molecule has 2 aromatic rings. The fraction of sp³-hybridized carbons (Fsp3) is 0.125. The number of aromatic nitrogens is 1. The van der Waals surface area contributed by atoms with Gasteiger partial charge >= 0.3 is 6.29 Å². The lowest BCUT2D eigenvalue weighted by Gasteiger charge is -2.04. The zero-order valence-corrected chi connectivity index (χ0v) is 6.66. The molecule has 0 saturated carbocycles. The van der Waals surface area contributed by atoms with Gasteiger partial charge in [0.1, 0.15) is 5.52 Å². The van der Waals surface area contributed by atoms with Crippen LogP contribution in [0.25, 0.3) is 11.1 Å². The first-order valence-electron chi connectivity index (χ1n) is 3.77. The number of oxazole rings is 1. The Morgan fingerprint density at radius 1 is 1.14 bits per heavy atom. The number of ether oxygens (including phenoxy) is 2. The molecular formula is C8H3F2NO3. The number of fused-ring (bicyclic) bond motifs is 2. The minimum absolute atomic E-state index is 0.0311. The summed E-state index contributed by atoms with van der Waals surface area (Å²) >= 11 is 0. The minimum atomic E-state index is -3.60. The molecule has 0 spiro atoms. The van der Waals surface area contributed by atoms with E-state index in [9.17, 15) is 8.78 Å². The van der Waals surface area contributed by atoms with Gasteiger partial charge in [-0.3, -0.25) is 0 Å². The molecule has 72 valence electrons. The number of alkyl halides is 2. The Morgan fingerprint density at radius 2 is 1.86 bits per heavy atom. The molecule has 3 rings (SSSR count). The summed E-state index contributed by atoms with van der Waals surface area (Å²) in [7, 11) is 0. The number of halogens is 2. The molecule has 2 heterocycles. The van der Waals surface area contributed by atoms with E-state index in [-0.39, 0.29) is 11.5 Å². The third-order valence-electron chi connectivity index (χ3n) is 1.85. The normalized spacial score (nSPS) is 17.6. The molecule has 0 saturated heterocycles. The van der Waals surface area contributed by atoms with Crippen LogP contribution >= 0.6 is 0 Å². The maximum absolute atomic E-state index is 12.6. The predicted octanol–water partition coefficient (Wildman–Crippen LogP) is 2.15. The molecular weight excluding hydrogens is 196 g/mol. The van der Waals surface area contributed by atoms with E-state index in [0.29, 0.717) is 11.1 Å². The number of nitrogens with zero attached hydrogens (tertiary/aromatic N) is 1. The van der Waals surface area contributed by atoms with Gasteiger partial charge < -0.3 is 13.9 Å². The van der Waals surface area contributed by atoms with E-state index >= 15 is 0 Å². The highest BCUT2D eigenvalue weighted by Gasteiger charge is 2.43. The zero-order valence-electron chi connectivity index (χ0n) is 6.66. The smallest absolute Gasteiger partial charge is 0.443 e. The van der Waals surface area contributed by atoms with Crippen LogP contribution in [0, 0.1) is 0 Å². The van der Waals surface area contributed by atoms with Gasteiger partial charge in [-0.05, 0) is 0 Å². The van der Waals surface area contributed by atoms with Gasteiger partial charge in [0.25, 0.3) is 0 Å². The molecule has 0 radical (unpaired) electrons. The summed E-state index contributed by atoms with van der Waals surface area (Å²) in [4.78, 5) is 3.80. The Hall–Kier alpha value is -1.85. The highest BCUT2D eigenvalue weighted by atomic mass is 19.3. The Morgan fingerprint density at radius 3 is 2.64 bits per heavy atom. The Balaban J connectivity index is 2.22. The summed E-state index contributed by atoms with van der Waals surface area (Å²) in [6, 6.07) is 2.66. The average Bonchev–Trinajstić information content (AvgIpc) is 2.59. The standard InChI is InChI=1S/C8H3F2NO3/c9-8(10)13-6-1-4-5(12-3-11-4)2-7(6)14-8/h1-3H. The van der Waals surface area contributed by atoms with E-state index in [1.807, 2.05) is 0 Å². The van der Waals surface area contributed by atoms with Crippen molar-refractivity contribution in [3.8, 4) is 11.5 Å². The third kappa shape index (κ3) is 0.935. The second kappa shape index (κ2) is 2.14. The van der Waals surface area contributed by atoms with Crippen LogP contribution in [0.2, 0.25) is 0 Å². The topological polar surface area (TPSA) is 44.5 Å². The second-order valence-electron chi connectivity index (χ2n) is 2.79. The molecule has 0 N–H and O–H groups in total. The summed E-state index contributed by atoms with van der Waals surface area (Å²) < 4.78 is 38.6. The number of hydrogen-bond donors (Lipinski definition) is 0. The maximum Gasteiger partial charge on any atom is 0.586 e. The monoisotopic (exact) mass is 199 g/mol. The molecule has 14 heavy (non-hydrogen) atoms. The third-order valence-corrected chi connectivity index (χ3v) is 1.85. The largest absolute Gasteiger partial charge is 0.586 e. The van der Waals surface area contributed by atoms with Crippen LogP contribution in [-0.4, -0.2) is 11.3 Å². The molecule has 0 aliphatic carbocycles. The van der Waals surface area contributed by atoms with Gasteiger partial charge in [-0.1, -0.05) is 0 Å². The molecule has 0 unspecified atom stereocenters. The lowest BCUT2D eigenvalue weighted by atomic mass is 10.3. The lowest BCUT2D eigenvalue weighted by Crippen LogP contribution is -2.25. The predicted molar refractivity (Wildman–Crippen MR) is 40.2 cm³/mol.